The molecular weight excluding hydrogens is 240 g/mol. The molecule has 19 heavy (non-hydrogen) atoms. The van der Waals surface area contributed by atoms with E-state index >= 15 is 0 Å². The average Bonchev–Trinajstić information content (AvgIpc) is 2.96. The molecule has 0 bridgehead atoms. The minimum Gasteiger partial charge on any atom is -0.392 e. The Bertz CT molecular complexity index is 579. The molecule has 2 aromatic rings. The van der Waals surface area contributed by atoms with Crippen molar-refractivity contribution in [2.45, 2.75) is 32.0 Å². The minimum atomic E-state index is -0.372. The number of benzene rings is 1. The summed E-state index contributed by atoms with van der Waals surface area (Å²) in [7, 11) is 1.94. The van der Waals surface area contributed by atoms with E-state index in [0.717, 1.165) is 23.0 Å². The van der Waals surface area contributed by atoms with E-state index in [0.29, 0.717) is 13.0 Å². The topological polar surface area (TPSA) is 47.3 Å². The molecule has 1 aromatic heterocycles. The number of aryl methyl sites for hydroxylation is 1. The number of rotatable bonds is 3. The largest absolute Gasteiger partial charge is 0.392 e. The second-order valence-corrected chi connectivity index (χ2v) is 5.50. The van der Waals surface area contributed by atoms with Crippen LogP contribution in [-0.2, 0) is 18.2 Å². The molecule has 4 heteroatoms. The lowest BCUT2D eigenvalue weighted by Crippen LogP contribution is -2.23. The van der Waals surface area contributed by atoms with Gasteiger partial charge in [-0.2, -0.15) is 5.10 Å². The highest BCUT2D eigenvalue weighted by Crippen LogP contribution is 2.26. The molecule has 4 nitrogen and oxygen atoms in total. The van der Waals surface area contributed by atoms with Crippen molar-refractivity contribution in [2.24, 2.45) is 13.0 Å². The lowest BCUT2D eigenvalue weighted by molar-refractivity contribution is 0.0802. The third-order valence-corrected chi connectivity index (χ3v) is 4.01. The van der Waals surface area contributed by atoms with Gasteiger partial charge in [0, 0.05) is 24.8 Å². The summed E-state index contributed by atoms with van der Waals surface area (Å²) < 4.78 is 7.41. The van der Waals surface area contributed by atoms with Crippen LogP contribution in [-0.4, -0.2) is 33.7 Å². The van der Waals surface area contributed by atoms with E-state index in [-0.39, 0.29) is 18.1 Å². The van der Waals surface area contributed by atoms with Crippen molar-refractivity contribution in [3.8, 4) is 0 Å². The van der Waals surface area contributed by atoms with E-state index < -0.39 is 0 Å². The number of nitrogens with zero attached hydrogens (tertiary/aromatic N) is 2. The molecule has 1 aromatic carbocycles. The van der Waals surface area contributed by atoms with Gasteiger partial charge in [-0.1, -0.05) is 18.2 Å². The maximum atomic E-state index is 10.4. The van der Waals surface area contributed by atoms with Crippen LogP contribution in [0.5, 0.6) is 0 Å². The van der Waals surface area contributed by atoms with Gasteiger partial charge in [0.05, 0.1) is 30.0 Å². The molecule has 0 radical (unpaired) electrons. The first-order valence-electron chi connectivity index (χ1n) is 6.85. The molecule has 1 N–H and O–H groups in total. The summed E-state index contributed by atoms with van der Waals surface area (Å²) >= 11 is 0. The van der Waals surface area contributed by atoms with Crippen LogP contribution in [0.2, 0.25) is 0 Å². The van der Waals surface area contributed by atoms with Crippen LogP contribution in [0, 0.1) is 5.92 Å². The summed E-state index contributed by atoms with van der Waals surface area (Å²) in [6.07, 6.45) is 1.43. The second-order valence-electron chi connectivity index (χ2n) is 5.50. The van der Waals surface area contributed by atoms with E-state index in [4.69, 9.17) is 4.74 Å². The Morgan fingerprint density at radius 1 is 1.47 bits per heavy atom. The summed E-state index contributed by atoms with van der Waals surface area (Å²) in [5.41, 5.74) is 2.09. The van der Waals surface area contributed by atoms with E-state index in [2.05, 4.69) is 24.2 Å². The third kappa shape index (κ3) is 2.38. The Hall–Kier alpha value is -1.39. The van der Waals surface area contributed by atoms with Crippen LogP contribution in [0.4, 0.5) is 0 Å². The molecule has 3 rings (SSSR count). The Balaban J connectivity index is 1.81. The van der Waals surface area contributed by atoms with E-state index in [1.54, 1.807) is 0 Å². The fourth-order valence-electron chi connectivity index (χ4n) is 2.92. The fraction of sp³-hybridized carbons (Fsp3) is 0.533. The average molecular weight is 260 g/mol. The molecule has 1 aliphatic rings. The first kappa shape index (κ1) is 12.6. The maximum Gasteiger partial charge on any atom is 0.0729 e. The number of aromatic nitrogens is 2. The standard InChI is InChI=1S/C15H20N2O2/c1-10-7-11(9-19-10)15(18)8-13-12-5-3-4-6-14(12)17(2)16-13/h3-6,10-11,15,18H,7-9H2,1-2H3. The molecule has 3 atom stereocenters. The summed E-state index contributed by atoms with van der Waals surface area (Å²) in [4.78, 5) is 0. The molecule has 0 amide bonds. The number of para-hydroxylation sites is 1. The lowest BCUT2D eigenvalue weighted by atomic mass is 9.95. The van der Waals surface area contributed by atoms with E-state index in [1.807, 2.05) is 23.9 Å². The second kappa shape index (κ2) is 4.94. The van der Waals surface area contributed by atoms with Crippen LogP contribution in [0.25, 0.3) is 10.9 Å². The Morgan fingerprint density at radius 2 is 2.26 bits per heavy atom. The number of aliphatic hydroxyl groups excluding tert-OH is 1. The number of aliphatic hydroxyl groups is 1. The monoisotopic (exact) mass is 260 g/mol. The smallest absolute Gasteiger partial charge is 0.0729 e. The minimum absolute atomic E-state index is 0.232. The van der Waals surface area contributed by atoms with Crippen LogP contribution >= 0.6 is 0 Å². The Labute approximate surface area is 113 Å². The predicted molar refractivity (Wildman–Crippen MR) is 73.9 cm³/mol. The van der Waals surface area contributed by atoms with E-state index in [9.17, 15) is 5.11 Å². The van der Waals surface area contributed by atoms with Gasteiger partial charge in [-0.15, -0.1) is 0 Å². The van der Waals surface area contributed by atoms with Gasteiger partial charge in [-0.05, 0) is 19.4 Å². The van der Waals surface area contributed by atoms with Crippen LogP contribution < -0.4 is 0 Å². The van der Waals surface area contributed by atoms with Crippen LogP contribution in [0.1, 0.15) is 19.0 Å². The van der Waals surface area contributed by atoms with Gasteiger partial charge in [0.1, 0.15) is 0 Å². The predicted octanol–water partition coefficient (Wildman–Crippen LogP) is 1.90. The van der Waals surface area contributed by atoms with Crippen molar-refractivity contribution >= 4 is 10.9 Å². The summed E-state index contributed by atoms with van der Waals surface area (Å²) in [6.45, 7) is 2.72. The molecule has 1 aliphatic heterocycles. The number of ether oxygens (including phenoxy) is 1. The summed E-state index contributed by atoms with van der Waals surface area (Å²) in [5.74, 6) is 0.232. The normalized spacial score (nSPS) is 25.0. The van der Waals surface area contributed by atoms with Gasteiger partial charge in [0.15, 0.2) is 0 Å². The van der Waals surface area contributed by atoms with Gasteiger partial charge in [0.2, 0.25) is 0 Å². The summed E-state index contributed by atoms with van der Waals surface area (Å²) in [5, 5.41) is 16.0. The van der Waals surface area contributed by atoms with Crippen molar-refractivity contribution in [3.05, 3.63) is 30.0 Å². The fourth-order valence-corrected chi connectivity index (χ4v) is 2.92. The Kier molecular flexibility index (Phi) is 3.29. The molecule has 1 saturated heterocycles. The third-order valence-electron chi connectivity index (χ3n) is 4.01. The van der Waals surface area contributed by atoms with E-state index in [1.165, 1.54) is 0 Å². The first-order valence-corrected chi connectivity index (χ1v) is 6.85. The molecular formula is C15H20N2O2. The SMILES string of the molecule is CC1CC(C(O)Cc2nn(C)c3ccccc23)CO1. The number of fused-ring (bicyclic) bond motifs is 1. The number of hydrogen-bond acceptors (Lipinski definition) is 3. The van der Waals surface area contributed by atoms with Gasteiger partial charge >= 0.3 is 0 Å². The summed E-state index contributed by atoms with van der Waals surface area (Å²) in [6, 6.07) is 8.15. The van der Waals surface area contributed by atoms with Crippen LogP contribution in [0.15, 0.2) is 24.3 Å². The zero-order chi connectivity index (χ0) is 13.4. The van der Waals surface area contributed by atoms with Gasteiger partial charge in [0.25, 0.3) is 0 Å². The van der Waals surface area contributed by atoms with Crippen molar-refractivity contribution in [1.29, 1.82) is 0 Å². The van der Waals surface area contributed by atoms with Gasteiger partial charge in [-0.3, -0.25) is 4.68 Å². The molecule has 0 aliphatic carbocycles. The quantitative estimate of drug-likeness (QED) is 0.917. The van der Waals surface area contributed by atoms with Crippen molar-refractivity contribution < 1.29 is 9.84 Å². The van der Waals surface area contributed by atoms with Crippen molar-refractivity contribution in [3.63, 3.8) is 0 Å². The maximum absolute atomic E-state index is 10.4. The highest BCUT2D eigenvalue weighted by molar-refractivity contribution is 5.81. The van der Waals surface area contributed by atoms with Gasteiger partial charge in [-0.25, -0.2) is 0 Å². The lowest BCUT2D eigenvalue weighted by Gasteiger charge is -2.15. The Morgan fingerprint density at radius 3 is 3.00 bits per heavy atom. The number of hydrogen-bond donors (Lipinski definition) is 1. The van der Waals surface area contributed by atoms with Crippen LogP contribution in [0.3, 0.4) is 0 Å². The zero-order valence-corrected chi connectivity index (χ0v) is 11.4. The highest BCUT2D eigenvalue weighted by atomic mass is 16.5. The first-order chi connectivity index (χ1) is 9.15. The molecule has 1 fully saturated rings. The molecule has 2 heterocycles. The molecule has 0 saturated carbocycles. The molecule has 0 spiro atoms. The zero-order valence-electron chi connectivity index (χ0n) is 11.4. The molecule has 102 valence electrons. The highest BCUT2D eigenvalue weighted by Gasteiger charge is 2.29. The van der Waals surface area contributed by atoms with Crippen molar-refractivity contribution in [2.75, 3.05) is 6.61 Å². The van der Waals surface area contributed by atoms with Gasteiger partial charge < -0.3 is 9.84 Å². The van der Waals surface area contributed by atoms with Crippen molar-refractivity contribution in [1.82, 2.24) is 9.78 Å². The molecule has 3 unspecified atom stereocenters.